The highest BCUT2D eigenvalue weighted by Gasteiger charge is 2.13. The van der Waals surface area contributed by atoms with E-state index in [1.165, 1.54) is 11.1 Å². The van der Waals surface area contributed by atoms with Crippen LogP contribution in [0.15, 0.2) is 60.5 Å². The van der Waals surface area contributed by atoms with Crippen LogP contribution in [0.4, 0.5) is 0 Å². The summed E-state index contributed by atoms with van der Waals surface area (Å²) in [6.45, 7) is 9.38. The van der Waals surface area contributed by atoms with E-state index in [1.807, 2.05) is 18.2 Å². The van der Waals surface area contributed by atoms with E-state index < -0.39 is 0 Å². The molecule has 6 heteroatoms. The summed E-state index contributed by atoms with van der Waals surface area (Å²) < 4.78 is 7.96. The van der Waals surface area contributed by atoms with Crippen LogP contribution in [0.1, 0.15) is 17.5 Å². The van der Waals surface area contributed by atoms with Crippen molar-refractivity contribution in [3.8, 4) is 17.1 Å². The van der Waals surface area contributed by atoms with Crippen LogP contribution in [-0.2, 0) is 6.54 Å². The number of benzene rings is 1. The van der Waals surface area contributed by atoms with Gasteiger partial charge in [0.25, 0.3) is 0 Å². The Morgan fingerprint density at radius 3 is 2.56 bits per heavy atom. The first-order valence-electron chi connectivity index (χ1n) is 8.96. The molecule has 2 aromatic heterocycles. The number of aryl methyl sites for hydroxylation is 2. The molecule has 1 aromatic carbocycles. The first-order chi connectivity index (χ1) is 13.2. The Morgan fingerprint density at radius 2 is 1.85 bits per heavy atom. The summed E-state index contributed by atoms with van der Waals surface area (Å²) in [4.78, 5) is 4.06. The summed E-state index contributed by atoms with van der Waals surface area (Å²) in [7, 11) is 0. The molecule has 5 nitrogen and oxygen atoms in total. The molecule has 3 aromatic rings. The van der Waals surface area contributed by atoms with Crippen LogP contribution in [0.2, 0.25) is 0 Å². The number of hydrogen-bond acceptors (Lipinski definition) is 5. The van der Waals surface area contributed by atoms with Crippen molar-refractivity contribution in [1.29, 1.82) is 0 Å². The Hall–Kier alpha value is -2.60. The van der Waals surface area contributed by atoms with Gasteiger partial charge >= 0.3 is 0 Å². The van der Waals surface area contributed by atoms with Crippen LogP contribution in [0, 0.1) is 13.8 Å². The average Bonchev–Trinajstić information content (AvgIpc) is 3.04. The summed E-state index contributed by atoms with van der Waals surface area (Å²) in [6, 6.07) is 10.2. The van der Waals surface area contributed by atoms with E-state index in [9.17, 15) is 0 Å². The summed E-state index contributed by atoms with van der Waals surface area (Å²) in [5.74, 6) is 2.69. The number of aromatic nitrogens is 4. The summed E-state index contributed by atoms with van der Waals surface area (Å²) >= 11 is 1.69. The normalized spacial score (nSPS) is 10.7. The maximum atomic E-state index is 5.88. The highest BCUT2D eigenvalue weighted by atomic mass is 32.2. The third-order valence-corrected chi connectivity index (χ3v) is 5.00. The van der Waals surface area contributed by atoms with E-state index >= 15 is 0 Å². The number of ether oxygens (including phenoxy) is 1. The Kier molecular flexibility index (Phi) is 6.65. The van der Waals surface area contributed by atoms with E-state index in [0.29, 0.717) is 13.2 Å². The van der Waals surface area contributed by atoms with E-state index in [1.54, 1.807) is 24.2 Å². The Labute approximate surface area is 164 Å². The Morgan fingerprint density at radius 1 is 1.11 bits per heavy atom. The SMILES string of the molecule is C=CCn1c(SCCCOc2cc(C)cc(C)c2)nnc1-c1ccncc1. The van der Waals surface area contributed by atoms with Crippen molar-refractivity contribution >= 4 is 11.8 Å². The van der Waals surface area contributed by atoms with Gasteiger partial charge in [0.15, 0.2) is 11.0 Å². The zero-order valence-electron chi connectivity index (χ0n) is 15.8. The van der Waals surface area contributed by atoms with Crippen molar-refractivity contribution in [2.24, 2.45) is 0 Å². The van der Waals surface area contributed by atoms with Gasteiger partial charge in [0, 0.05) is 30.3 Å². The molecule has 0 N–H and O–H groups in total. The molecule has 0 aliphatic carbocycles. The monoisotopic (exact) mass is 380 g/mol. The van der Waals surface area contributed by atoms with Gasteiger partial charge in [-0.15, -0.1) is 16.8 Å². The molecule has 0 saturated carbocycles. The molecule has 140 valence electrons. The summed E-state index contributed by atoms with van der Waals surface area (Å²) in [6.07, 6.45) is 6.32. The smallest absolute Gasteiger partial charge is 0.191 e. The lowest BCUT2D eigenvalue weighted by Gasteiger charge is -2.09. The molecule has 0 bridgehead atoms. The second-order valence-corrected chi connectivity index (χ2v) is 7.38. The molecule has 27 heavy (non-hydrogen) atoms. The van der Waals surface area contributed by atoms with Crippen molar-refractivity contribution in [2.75, 3.05) is 12.4 Å². The molecule has 0 amide bonds. The third kappa shape index (κ3) is 5.20. The van der Waals surface area contributed by atoms with Crippen molar-refractivity contribution in [1.82, 2.24) is 19.7 Å². The summed E-state index contributed by atoms with van der Waals surface area (Å²) in [5, 5.41) is 9.61. The van der Waals surface area contributed by atoms with Crippen LogP contribution < -0.4 is 4.74 Å². The van der Waals surface area contributed by atoms with Gasteiger partial charge in [0.05, 0.1) is 6.61 Å². The topological polar surface area (TPSA) is 52.8 Å². The first-order valence-corrected chi connectivity index (χ1v) is 9.94. The van der Waals surface area contributed by atoms with Crippen LogP contribution in [0.25, 0.3) is 11.4 Å². The second-order valence-electron chi connectivity index (χ2n) is 6.32. The van der Waals surface area contributed by atoms with Gasteiger partial charge in [-0.1, -0.05) is 23.9 Å². The van der Waals surface area contributed by atoms with Gasteiger partial charge in [-0.25, -0.2) is 0 Å². The minimum absolute atomic E-state index is 0.673. The fourth-order valence-corrected chi connectivity index (χ4v) is 3.69. The van der Waals surface area contributed by atoms with Crippen LogP contribution in [0.3, 0.4) is 0 Å². The third-order valence-electron chi connectivity index (χ3n) is 3.95. The van der Waals surface area contributed by atoms with Crippen molar-refractivity contribution in [2.45, 2.75) is 32.0 Å². The minimum Gasteiger partial charge on any atom is -0.494 e. The molecular formula is C21H24N4OS. The van der Waals surface area contributed by atoms with Crippen molar-refractivity contribution in [3.05, 3.63) is 66.5 Å². The van der Waals surface area contributed by atoms with Gasteiger partial charge in [-0.05, 0) is 55.7 Å². The fraction of sp³-hybridized carbons (Fsp3) is 0.286. The van der Waals surface area contributed by atoms with Crippen LogP contribution >= 0.6 is 11.8 Å². The Balaban J connectivity index is 1.56. The standard InChI is InChI=1S/C21H24N4OS/c1-4-10-25-20(18-6-8-22-9-7-18)23-24-21(25)27-12-5-11-26-19-14-16(2)13-17(3)15-19/h4,6-9,13-15H,1,5,10-12H2,2-3H3. The molecule has 0 atom stereocenters. The number of nitrogens with zero attached hydrogens (tertiary/aromatic N) is 4. The molecule has 0 aliphatic heterocycles. The lowest BCUT2D eigenvalue weighted by Crippen LogP contribution is -2.02. The predicted octanol–water partition coefficient (Wildman–Crippen LogP) is 4.70. The van der Waals surface area contributed by atoms with Gasteiger partial charge in [-0.2, -0.15) is 0 Å². The van der Waals surface area contributed by atoms with Gasteiger partial charge in [0.1, 0.15) is 5.75 Å². The maximum absolute atomic E-state index is 5.88. The number of hydrogen-bond donors (Lipinski definition) is 0. The predicted molar refractivity (Wildman–Crippen MR) is 110 cm³/mol. The molecule has 0 saturated heterocycles. The van der Waals surface area contributed by atoms with Gasteiger partial charge in [-0.3, -0.25) is 9.55 Å². The van der Waals surface area contributed by atoms with Crippen molar-refractivity contribution in [3.63, 3.8) is 0 Å². The van der Waals surface area contributed by atoms with E-state index in [0.717, 1.165) is 34.5 Å². The largest absolute Gasteiger partial charge is 0.494 e. The second kappa shape index (κ2) is 9.37. The van der Waals surface area contributed by atoms with Crippen molar-refractivity contribution < 1.29 is 4.74 Å². The molecule has 0 spiro atoms. The molecule has 2 heterocycles. The molecule has 0 fully saturated rings. The van der Waals surface area contributed by atoms with Gasteiger partial charge < -0.3 is 4.74 Å². The van der Waals surface area contributed by atoms with E-state index in [-0.39, 0.29) is 0 Å². The molecule has 3 rings (SSSR count). The zero-order chi connectivity index (χ0) is 19.1. The lowest BCUT2D eigenvalue weighted by atomic mass is 10.1. The number of pyridine rings is 1. The number of thioether (sulfide) groups is 1. The van der Waals surface area contributed by atoms with Crippen LogP contribution in [0.5, 0.6) is 5.75 Å². The zero-order valence-corrected chi connectivity index (χ0v) is 16.6. The molecular weight excluding hydrogens is 356 g/mol. The quantitative estimate of drug-likeness (QED) is 0.306. The molecule has 0 radical (unpaired) electrons. The minimum atomic E-state index is 0.673. The fourth-order valence-electron chi connectivity index (χ4n) is 2.83. The highest BCUT2D eigenvalue weighted by molar-refractivity contribution is 7.99. The molecule has 0 aliphatic rings. The highest BCUT2D eigenvalue weighted by Crippen LogP contribution is 2.24. The van der Waals surface area contributed by atoms with Crippen LogP contribution in [-0.4, -0.2) is 32.1 Å². The number of allylic oxidation sites excluding steroid dienone is 1. The number of rotatable bonds is 9. The average molecular weight is 381 g/mol. The lowest BCUT2D eigenvalue weighted by molar-refractivity contribution is 0.318. The van der Waals surface area contributed by atoms with Gasteiger partial charge in [0.2, 0.25) is 0 Å². The van der Waals surface area contributed by atoms with E-state index in [4.69, 9.17) is 4.74 Å². The maximum Gasteiger partial charge on any atom is 0.191 e. The first kappa shape index (κ1) is 19.2. The van der Waals surface area contributed by atoms with E-state index in [2.05, 4.69) is 58.4 Å². The summed E-state index contributed by atoms with van der Waals surface area (Å²) in [5.41, 5.74) is 3.45. The molecule has 0 unspecified atom stereocenters. The Bertz CT molecular complexity index is 872.